The van der Waals surface area contributed by atoms with Crippen molar-refractivity contribution < 1.29 is 0 Å². The van der Waals surface area contributed by atoms with Crippen LogP contribution in [0.25, 0.3) is 16.8 Å². The summed E-state index contributed by atoms with van der Waals surface area (Å²) in [6, 6.07) is 19.5. The zero-order valence-corrected chi connectivity index (χ0v) is 23.4. The summed E-state index contributed by atoms with van der Waals surface area (Å²) in [5.74, 6) is 1.03. The van der Waals surface area contributed by atoms with Gasteiger partial charge >= 0.3 is 0 Å². The van der Waals surface area contributed by atoms with Crippen LogP contribution in [0.2, 0.25) is 5.02 Å². The Kier molecular flexibility index (Phi) is 5.51. The van der Waals surface area contributed by atoms with Crippen molar-refractivity contribution in [2.45, 2.75) is 47.9 Å². The van der Waals surface area contributed by atoms with E-state index in [-0.39, 0.29) is 11.5 Å². The molecule has 3 aromatic heterocycles. The Morgan fingerprint density at radius 2 is 1.72 bits per heavy atom. The number of imidazole rings is 2. The molecule has 2 fully saturated rings. The molecule has 1 spiro atoms. The molecule has 5 aromatic rings. The fourth-order valence-electron chi connectivity index (χ4n) is 7.15. The van der Waals surface area contributed by atoms with E-state index in [0.29, 0.717) is 0 Å². The van der Waals surface area contributed by atoms with Crippen LogP contribution in [0.1, 0.15) is 42.9 Å². The average Bonchev–Trinajstić information content (AvgIpc) is 3.75. The Morgan fingerprint density at radius 1 is 0.897 bits per heavy atom. The molecule has 1 atom stereocenters. The second-order valence-electron chi connectivity index (χ2n) is 11.4. The molecule has 2 N–H and O–H groups in total. The van der Waals surface area contributed by atoms with Crippen molar-refractivity contribution >= 4 is 51.7 Å². The van der Waals surface area contributed by atoms with Crippen molar-refractivity contribution in [3.05, 3.63) is 76.9 Å². The molecule has 3 aliphatic rings. The van der Waals surface area contributed by atoms with Gasteiger partial charge in [0.15, 0.2) is 11.5 Å². The third kappa shape index (κ3) is 3.66. The number of hydrogen-bond donors (Lipinski definition) is 1. The van der Waals surface area contributed by atoms with Crippen molar-refractivity contribution in [3.63, 3.8) is 0 Å². The molecule has 1 aliphatic carbocycles. The maximum absolute atomic E-state index is 6.93. The Morgan fingerprint density at radius 3 is 2.54 bits per heavy atom. The molecule has 39 heavy (non-hydrogen) atoms. The molecule has 0 unspecified atom stereocenters. The van der Waals surface area contributed by atoms with E-state index in [0.717, 1.165) is 88.6 Å². The molecule has 2 aromatic carbocycles. The number of pyridine rings is 1. The van der Waals surface area contributed by atoms with Gasteiger partial charge in [0, 0.05) is 37.1 Å². The van der Waals surface area contributed by atoms with Crippen LogP contribution in [0.15, 0.2) is 70.6 Å². The lowest BCUT2D eigenvalue weighted by atomic mass is 9.73. The van der Waals surface area contributed by atoms with E-state index in [2.05, 4.69) is 68.8 Å². The first-order chi connectivity index (χ1) is 19.1. The zero-order chi connectivity index (χ0) is 26.1. The predicted octanol–water partition coefficient (Wildman–Crippen LogP) is 6.57. The highest BCUT2D eigenvalue weighted by Crippen LogP contribution is 2.51. The smallest absolute Gasteiger partial charge is 0.157 e. The summed E-state index contributed by atoms with van der Waals surface area (Å²) in [5.41, 5.74) is 13.9. The number of fused-ring (bicyclic) bond motifs is 1. The highest BCUT2D eigenvalue weighted by Gasteiger charge is 2.46. The minimum absolute atomic E-state index is 0.121. The van der Waals surface area contributed by atoms with Crippen molar-refractivity contribution in [2.24, 2.45) is 11.1 Å². The number of piperidine rings is 1. The SMILES string of the molecule is N[C@@H]1c2ccccc2CC12CCN(c1nc3ccc(Sc4cccc(N5CCCC5)c4Cl)c4ncc1n34)CC2. The van der Waals surface area contributed by atoms with Gasteiger partial charge in [-0.05, 0) is 72.9 Å². The molecule has 0 amide bonds. The molecule has 8 rings (SSSR count). The van der Waals surface area contributed by atoms with Gasteiger partial charge in [-0.25, -0.2) is 9.97 Å². The van der Waals surface area contributed by atoms with Crippen molar-refractivity contribution in [3.8, 4) is 0 Å². The molecule has 2 aliphatic heterocycles. The molecule has 8 heteroatoms. The molecular formula is C31H31ClN6S. The summed E-state index contributed by atoms with van der Waals surface area (Å²) >= 11 is 8.62. The van der Waals surface area contributed by atoms with Crippen molar-refractivity contribution in [2.75, 3.05) is 36.0 Å². The van der Waals surface area contributed by atoms with E-state index in [9.17, 15) is 0 Å². The van der Waals surface area contributed by atoms with Crippen molar-refractivity contribution in [1.82, 2.24) is 14.4 Å². The average molecular weight is 555 g/mol. The van der Waals surface area contributed by atoms with Gasteiger partial charge in [0.2, 0.25) is 0 Å². The minimum atomic E-state index is 0.121. The van der Waals surface area contributed by atoms with E-state index >= 15 is 0 Å². The largest absolute Gasteiger partial charge is 0.370 e. The second-order valence-corrected chi connectivity index (χ2v) is 12.8. The van der Waals surface area contributed by atoms with Crippen LogP contribution in [0, 0.1) is 5.41 Å². The first-order valence-electron chi connectivity index (χ1n) is 14.0. The van der Waals surface area contributed by atoms with Gasteiger partial charge in [-0.1, -0.05) is 53.7 Å². The van der Waals surface area contributed by atoms with Crippen LogP contribution in [-0.4, -0.2) is 40.5 Å². The monoisotopic (exact) mass is 554 g/mol. The fraction of sp³-hybridized carbons (Fsp3) is 0.355. The molecule has 0 bridgehead atoms. The third-order valence-corrected chi connectivity index (χ3v) is 10.9. The maximum Gasteiger partial charge on any atom is 0.157 e. The van der Waals surface area contributed by atoms with E-state index < -0.39 is 0 Å². The van der Waals surface area contributed by atoms with Crippen LogP contribution in [0.5, 0.6) is 0 Å². The van der Waals surface area contributed by atoms with E-state index in [1.165, 1.54) is 24.0 Å². The van der Waals surface area contributed by atoms with Crippen LogP contribution in [0.4, 0.5) is 11.5 Å². The summed E-state index contributed by atoms with van der Waals surface area (Å²) in [6.07, 6.45) is 7.68. The number of aromatic nitrogens is 3. The lowest BCUT2D eigenvalue weighted by Crippen LogP contribution is -2.44. The summed E-state index contributed by atoms with van der Waals surface area (Å²) in [4.78, 5) is 16.9. The topological polar surface area (TPSA) is 62.7 Å². The first kappa shape index (κ1) is 23.9. The first-order valence-corrected chi connectivity index (χ1v) is 15.2. The van der Waals surface area contributed by atoms with Crippen LogP contribution in [0.3, 0.4) is 0 Å². The molecule has 6 nitrogen and oxygen atoms in total. The van der Waals surface area contributed by atoms with E-state index in [1.54, 1.807) is 11.8 Å². The number of benzene rings is 2. The minimum Gasteiger partial charge on any atom is -0.370 e. The lowest BCUT2D eigenvalue weighted by molar-refractivity contribution is 0.187. The van der Waals surface area contributed by atoms with Gasteiger partial charge in [-0.3, -0.25) is 4.40 Å². The van der Waals surface area contributed by atoms with Crippen molar-refractivity contribution in [1.29, 1.82) is 0 Å². The summed E-state index contributed by atoms with van der Waals surface area (Å²) in [5, 5.41) is 0.833. The van der Waals surface area contributed by atoms with Gasteiger partial charge in [-0.15, -0.1) is 0 Å². The Hall–Kier alpha value is -3.00. The van der Waals surface area contributed by atoms with Gasteiger partial charge in [-0.2, -0.15) is 0 Å². The Balaban J connectivity index is 1.07. The molecule has 0 radical (unpaired) electrons. The molecular weight excluding hydrogens is 524 g/mol. The Labute approximate surface area is 237 Å². The molecule has 0 saturated carbocycles. The van der Waals surface area contributed by atoms with Gasteiger partial charge < -0.3 is 15.5 Å². The number of nitrogens with zero attached hydrogens (tertiary/aromatic N) is 5. The summed E-state index contributed by atoms with van der Waals surface area (Å²) in [7, 11) is 0. The number of anilines is 2. The maximum atomic E-state index is 6.93. The summed E-state index contributed by atoms with van der Waals surface area (Å²) < 4.78 is 2.21. The highest BCUT2D eigenvalue weighted by atomic mass is 35.5. The van der Waals surface area contributed by atoms with E-state index in [4.69, 9.17) is 27.3 Å². The molecule has 2 saturated heterocycles. The van der Waals surface area contributed by atoms with Crippen LogP contribution >= 0.6 is 23.4 Å². The highest BCUT2D eigenvalue weighted by molar-refractivity contribution is 7.99. The lowest BCUT2D eigenvalue weighted by Gasteiger charge is -2.42. The quantitative estimate of drug-likeness (QED) is 0.271. The molecule has 198 valence electrons. The third-order valence-electron chi connectivity index (χ3n) is 9.31. The molecule has 5 heterocycles. The number of hydrogen-bond acceptors (Lipinski definition) is 6. The second kappa shape index (κ2) is 9.01. The number of rotatable bonds is 4. The van der Waals surface area contributed by atoms with Gasteiger partial charge in [0.1, 0.15) is 11.2 Å². The number of nitrogens with two attached hydrogens (primary N) is 1. The normalized spacial score (nSPS) is 20.6. The Bertz CT molecular complexity index is 1680. The predicted molar refractivity (Wildman–Crippen MR) is 160 cm³/mol. The summed E-state index contributed by atoms with van der Waals surface area (Å²) in [6.45, 7) is 4.07. The van der Waals surface area contributed by atoms with Crippen LogP contribution in [-0.2, 0) is 6.42 Å². The van der Waals surface area contributed by atoms with Gasteiger partial charge in [0.05, 0.1) is 21.8 Å². The standard InChI is InChI=1S/C31H31ClN6S/c32-27-22(36-14-3-4-15-36)8-5-9-24(27)39-25-10-11-26-35-29(23-19-34-30(25)38(23)26)37-16-12-31(13-17-37)18-20-6-1-2-7-21(20)28(31)33/h1-2,5-11,19,28H,3-4,12-18,33H2/t28-/m1/s1. The van der Waals surface area contributed by atoms with Gasteiger partial charge in [0.25, 0.3) is 0 Å². The fourth-order valence-corrected chi connectivity index (χ4v) is 8.46. The zero-order valence-electron chi connectivity index (χ0n) is 21.8. The van der Waals surface area contributed by atoms with Crippen LogP contribution < -0.4 is 15.5 Å². The van der Waals surface area contributed by atoms with E-state index in [1.807, 2.05) is 6.20 Å². The number of halogens is 1.